The van der Waals surface area contributed by atoms with E-state index in [0.29, 0.717) is 31.3 Å². The number of carbonyl (C=O) groups excluding carboxylic acids is 1. The third-order valence-corrected chi connectivity index (χ3v) is 6.76. The van der Waals surface area contributed by atoms with Crippen LogP contribution in [0.4, 0.5) is 10.5 Å². The van der Waals surface area contributed by atoms with E-state index in [0.717, 1.165) is 37.9 Å². The number of rotatable bonds is 6. The van der Waals surface area contributed by atoms with Crippen molar-refractivity contribution in [3.8, 4) is 5.88 Å². The first-order valence-corrected chi connectivity index (χ1v) is 12.8. The van der Waals surface area contributed by atoms with E-state index in [4.69, 9.17) is 9.47 Å². The summed E-state index contributed by atoms with van der Waals surface area (Å²) < 4.78 is 11.6. The predicted molar refractivity (Wildman–Crippen MR) is 137 cm³/mol. The molecule has 3 heterocycles. The fraction of sp³-hybridized carbons (Fsp3) is 0.571. The highest BCUT2D eigenvalue weighted by atomic mass is 16.6. The zero-order chi connectivity index (χ0) is 25.0. The Morgan fingerprint density at radius 1 is 1.11 bits per heavy atom. The van der Waals surface area contributed by atoms with E-state index in [9.17, 15) is 9.90 Å². The van der Waals surface area contributed by atoms with Gasteiger partial charge in [0.2, 0.25) is 5.88 Å². The van der Waals surface area contributed by atoms with Gasteiger partial charge in [0, 0.05) is 50.6 Å². The number of ether oxygens (including phenoxy) is 2. The molecule has 1 amide bonds. The molecule has 7 nitrogen and oxygen atoms in total. The number of pyridine rings is 1. The minimum atomic E-state index is -0.473. The van der Waals surface area contributed by atoms with Crippen molar-refractivity contribution in [1.29, 1.82) is 0 Å². The van der Waals surface area contributed by atoms with Gasteiger partial charge < -0.3 is 24.4 Å². The van der Waals surface area contributed by atoms with Crippen molar-refractivity contribution < 1.29 is 19.4 Å². The number of benzene rings is 1. The highest BCUT2D eigenvalue weighted by molar-refractivity contribution is 5.68. The molecule has 2 saturated heterocycles. The number of carbonyl (C=O) groups is 1. The van der Waals surface area contributed by atoms with Crippen LogP contribution in [0.1, 0.15) is 62.6 Å². The van der Waals surface area contributed by atoms with Gasteiger partial charge in [-0.15, -0.1) is 0 Å². The van der Waals surface area contributed by atoms with Crippen molar-refractivity contribution in [2.75, 3.05) is 37.7 Å². The summed E-state index contributed by atoms with van der Waals surface area (Å²) in [5.41, 5.74) is 4.29. The van der Waals surface area contributed by atoms with Gasteiger partial charge in [-0.25, -0.2) is 9.78 Å². The Labute approximate surface area is 209 Å². The normalized spacial score (nSPS) is 19.2. The summed E-state index contributed by atoms with van der Waals surface area (Å²) in [4.78, 5) is 21.0. The van der Waals surface area contributed by atoms with Crippen molar-refractivity contribution in [3.05, 3.63) is 53.2 Å². The molecular weight excluding hydrogens is 442 g/mol. The number of amides is 1. The zero-order valence-electron chi connectivity index (χ0n) is 21.5. The second-order valence-corrected chi connectivity index (χ2v) is 10.8. The molecule has 0 saturated carbocycles. The van der Waals surface area contributed by atoms with Crippen LogP contribution >= 0.6 is 0 Å². The SMILES string of the molecule is Cc1ccc(O[C@H]2CCN(c3ccc(C4CCN(C(=O)OC(C)(C)C)CC4)cc3CCO)C2)nc1. The van der Waals surface area contributed by atoms with Gasteiger partial charge in [-0.1, -0.05) is 18.2 Å². The lowest BCUT2D eigenvalue weighted by atomic mass is 9.88. The summed E-state index contributed by atoms with van der Waals surface area (Å²) in [5, 5.41) is 9.74. The molecule has 35 heavy (non-hydrogen) atoms. The molecule has 2 aliphatic heterocycles. The van der Waals surface area contributed by atoms with Crippen molar-refractivity contribution in [2.45, 2.75) is 71.0 Å². The van der Waals surface area contributed by atoms with Gasteiger partial charge in [-0.2, -0.15) is 0 Å². The number of hydrogen-bond donors (Lipinski definition) is 1. The second-order valence-electron chi connectivity index (χ2n) is 10.8. The van der Waals surface area contributed by atoms with Gasteiger partial charge in [0.05, 0.1) is 6.54 Å². The lowest BCUT2D eigenvalue weighted by Gasteiger charge is -2.34. The number of aromatic nitrogens is 1. The molecule has 0 aliphatic carbocycles. The van der Waals surface area contributed by atoms with E-state index in [2.05, 4.69) is 28.1 Å². The minimum absolute atomic E-state index is 0.101. The lowest BCUT2D eigenvalue weighted by molar-refractivity contribution is 0.0205. The molecule has 0 radical (unpaired) electrons. The summed E-state index contributed by atoms with van der Waals surface area (Å²) in [6, 6.07) is 10.6. The van der Waals surface area contributed by atoms with Gasteiger partial charge in [-0.3, -0.25) is 0 Å². The van der Waals surface area contributed by atoms with Crippen molar-refractivity contribution >= 4 is 11.8 Å². The molecule has 1 aromatic carbocycles. The van der Waals surface area contributed by atoms with Crippen molar-refractivity contribution in [1.82, 2.24) is 9.88 Å². The highest BCUT2D eigenvalue weighted by Crippen LogP contribution is 2.34. The Hall–Kier alpha value is -2.80. The summed E-state index contributed by atoms with van der Waals surface area (Å²) in [6.07, 6.45) is 5.11. The van der Waals surface area contributed by atoms with Crippen LogP contribution in [0.15, 0.2) is 36.5 Å². The maximum Gasteiger partial charge on any atom is 0.410 e. The van der Waals surface area contributed by atoms with Gasteiger partial charge in [0.25, 0.3) is 0 Å². The molecule has 0 unspecified atom stereocenters. The lowest BCUT2D eigenvalue weighted by Crippen LogP contribution is -2.41. The van der Waals surface area contributed by atoms with E-state index in [-0.39, 0.29) is 18.8 Å². The molecule has 2 aromatic rings. The van der Waals surface area contributed by atoms with Crippen LogP contribution in [0.25, 0.3) is 0 Å². The molecule has 1 N–H and O–H groups in total. The molecule has 4 rings (SSSR count). The first-order valence-electron chi connectivity index (χ1n) is 12.8. The zero-order valence-corrected chi connectivity index (χ0v) is 21.5. The van der Waals surface area contributed by atoms with E-state index in [1.807, 2.05) is 50.9 Å². The molecule has 1 atom stereocenters. The third kappa shape index (κ3) is 6.66. The smallest absolute Gasteiger partial charge is 0.410 e. The Balaban J connectivity index is 1.38. The van der Waals surface area contributed by atoms with Gasteiger partial charge >= 0.3 is 6.09 Å². The third-order valence-electron chi connectivity index (χ3n) is 6.76. The fourth-order valence-corrected chi connectivity index (χ4v) is 4.95. The van der Waals surface area contributed by atoms with E-state index in [1.54, 1.807) is 0 Å². The van der Waals surface area contributed by atoms with Crippen LogP contribution in [-0.2, 0) is 11.2 Å². The van der Waals surface area contributed by atoms with Gasteiger partial charge in [-0.05, 0) is 75.6 Å². The maximum atomic E-state index is 12.4. The topological polar surface area (TPSA) is 75.1 Å². The average Bonchev–Trinajstić information content (AvgIpc) is 3.28. The number of anilines is 1. The first kappa shape index (κ1) is 25.3. The van der Waals surface area contributed by atoms with Crippen LogP contribution in [0.5, 0.6) is 5.88 Å². The number of aliphatic hydroxyl groups excluding tert-OH is 1. The number of aliphatic hydroxyl groups is 1. The van der Waals surface area contributed by atoms with Crippen LogP contribution in [-0.4, -0.2) is 65.6 Å². The summed E-state index contributed by atoms with van der Waals surface area (Å²) >= 11 is 0. The first-order chi connectivity index (χ1) is 16.7. The molecule has 0 bridgehead atoms. The number of likely N-dealkylation sites (tertiary alicyclic amines) is 1. The Morgan fingerprint density at radius 2 is 1.89 bits per heavy atom. The van der Waals surface area contributed by atoms with Gasteiger partial charge in [0.15, 0.2) is 0 Å². The van der Waals surface area contributed by atoms with E-state index in [1.165, 1.54) is 16.8 Å². The molecular formula is C28H39N3O4. The summed E-state index contributed by atoms with van der Waals surface area (Å²) in [7, 11) is 0. The summed E-state index contributed by atoms with van der Waals surface area (Å²) in [5.74, 6) is 1.08. The Kier molecular flexibility index (Phi) is 7.85. The van der Waals surface area contributed by atoms with E-state index < -0.39 is 5.60 Å². The molecule has 2 fully saturated rings. The molecule has 2 aliphatic rings. The number of aryl methyl sites for hydroxylation is 1. The molecule has 0 spiro atoms. The molecule has 7 heteroatoms. The summed E-state index contributed by atoms with van der Waals surface area (Å²) in [6.45, 7) is 11.0. The average molecular weight is 482 g/mol. The van der Waals surface area contributed by atoms with Crippen molar-refractivity contribution in [3.63, 3.8) is 0 Å². The van der Waals surface area contributed by atoms with Crippen molar-refractivity contribution in [2.24, 2.45) is 0 Å². The van der Waals surface area contributed by atoms with Crippen LogP contribution < -0.4 is 9.64 Å². The largest absolute Gasteiger partial charge is 0.472 e. The van der Waals surface area contributed by atoms with Crippen LogP contribution in [0.2, 0.25) is 0 Å². The second kappa shape index (κ2) is 10.9. The standard InChI is InChI=1S/C28H39N3O4/c1-20-5-8-26(29-18-20)34-24-11-15-31(19-24)25-7-6-22(17-23(25)12-16-32)21-9-13-30(14-10-21)27(33)35-28(2,3)4/h5-8,17-18,21,24,32H,9-16,19H2,1-4H3/t24-/m0/s1. The minimum Gasteiger partial charge on any atom is -0.472 e. The van der Waals surface area contributed by atoms with Gasteiger partial charge in [0.1, 0.15) is 11.7 Å². The molecule has 1 aromatic heterocycles. The quantitative estimate of drug-likeness (QED) is 0.645. The highest BCUT2D eigenvalue weighted by Gasteiger charge is 2.29. The fourth-order valence-electron chi connectivity index (χ4n) is 4.95. The number of nitrogens with zero attached hydrogens (tertiary/aromatic N) is 3. The predicted octanol–water partition coefficient (Wildman–Crippen LogP) is 4.70. The van der Waals surface area contributed by atoms with Crippen LogP contribution in [0, 0.1) is 6.92 Å². The Bertz CT molecular complexity index is 994. The van der Waals surface area contributed by atoms with E-state index >= 15 is 0 Å². The molecule has 190 valence electrons. The van der Waals surface area contributed by atoms with Crippen LogP contribution in [0.3, 0.4) is 0 Å². The Morgan fingerprint density at radius 3 is 2.54 bits per heavy atom. The maximum absolute atomic E-state index is 12.4. The number of piperidine rings is 1. The number of hydrogen-bond acceptors (Lipinski definition) is 6. The monoisotopic (exact) mass is 481 g/mol.